The fourth-order valence-electron chi connectivity index (χ4n) is 2.54. The Labute approximate surface area is 115 Å². The average molecular weight is 261 g/mol. The molecule has 1 aromatic rings. The molecular formula is C15H23N3O. The van der Waals surface area contributed by atoms with Crippen LogP contribution in [-0.4, -0.2) is 42.0 Å². The summed E-state index contributed by atoms with van der Waals surface area (Å²) in [4.78, 5) is 17.9. The molecule has 1 aliphatic carbocycles. The van der Waals surface area contributed by atoms with Gasteiger partial charge < -0.3 is 5.32 Å². The number of nitrogens with zero attached hydrogens (tertiary/aromatic N) is 2. The molecule has 0 radical (unpaired) electrons. The van der Waals surface area contributed by atoms with E-state index in [1.54, 1.807) is 0 Å². The van der Waals surface area contributed by atoms with Crippen LogP contribution in [0.5, 0.6) is 0 Å². The van der Waals surface area contributed by atoms with E-state index in [0.29, 0.717) is 12.6 Å². The molecule has 4 nitrogen and oxygen atoms in total. The van der Waals surface area contributed by atoms with Gasteiger partial charge in [-0.1, -0.05) is 12.8 Å². The normalized spacial score (nSPS) is 15.9. The van der Waals surface area contributed by atoms with Gasteiger partial charge in [0.05, 0.1) is 6.54 Å². The Balaban J connectivity index is 1.65. The predicted octanol–water partition coefficient (Wildman–Crippen LogP) is 1.61. The molecular weight excluding hydrogens is 238 g/mol. The van der Waals surface area contributed by atoms with Crippen LogP contribution in [0.25, 0.3) is 0 Å². The molecule has 1 aliphatic rings. The fraction of sp³-hybridized carbons (Fsp3) is 0.600. The summed E-state index contributed by atoms with van der Waals surface area (Å²) < 4.78 is 0. The van der Waals surface area contributed by atoms with E-state index in [9.17, 15) is 4.79 Å². The van der Waals surface area contributed by atoms with Crippen molar-refractivity contribution in [2.45, 2.75) is 38.1 Å². The summed E-state index contributed by atoms with van der Waals surface area (Å²) >= 11 is 0. The maximum atomic E-state index is 11.9. The van der Waals surface area contributed by atoms with E-state index in [0.717, 1.165) is 25.8 Å². The average Bonchev–Trinajstić information content (AvgIpc) is 2.90. The SMILES string of the molecule is CN(CCc1ccncc1)CC(=O)NC1CCCC1. The zero-order valence-corrected chi connectivity index (χ0v) is 11.6. The number of amides is 1. The first kappa shape index (κ1) is 14.0. The van der Waals surface area contributed by atoms with Crippen LogP contribution in [0.15, 0.2) is 24.5 Å². The van der Waals surface area contributed by atoms with E-state index >= 15 is 0 Å². The van der Waals surface area contributed by atoms with Crippen LogP contribution in [0, 0.1) is 0 Å². The van der Waals surface area contributed by atoms with Gasteiger partial charge in [0.15, 0.2) is 0 Å². The Bertz CT molecular complexity index is 388. The van der Waals surface area contributed by atoms with Crippen molar-refractivity contribution >= 4 is 5.91 Å². The Morgan fingerprint density at radius 3 is 2.74 bits per heavy atom. The second-order valence-corrected chi connectivity index (χ2v) is 5.39. The molecule has 1 aromatic heterocycles. The Morgan fingerprint density at radius 1 is 1.37 bits per heavy atom. The number of carbonyl (C=O) groups is 1. The largest absolute Gasteiger partial charge is 0.352 e. The molecule has 19 heavy (non-hydrogen) atoms. The topological polar surface area (TPSA) is 45.2 Å². The molecule has 104 valence electrons. The molecule has 0 atom stereocenters. The van der Waals surface area contributed by atoms with Crippen LogP contribution in [0.4, 0.5) is 0 Å². The summed E-state index contributed by atoms with van der Waals surface area (Å²) in [5, 5.41) is 3.12. The predicted molar refractivity (Wildman–Crippen MR) is 75.8 cm³/mol. The highest BCUT2D eigenvalue weighted by molar-refractivity contribution is 5.78. The first-order chi connectivity index (χ1) is 9.24. The minimum absolute atomic E-state index is 0.157. The standard InChI is InChI=1S/C15H23N3O/c1-18(11-8-13-6-9-16-10-7-13)12-15(19)17-14-4-2-3-5-14/h6-7,9-10,14H,2-5,8,11-12H2,1H3,(H,17,19). The van der Waals surface area contributed by atoms with Crippen LogP contribution in [0.3, 0.4) is 0 Å². The number of pyridine rings is 1. The maximum absolute atomic E-state index is 11.9. The highest BCUT2D eigenvalue weighted by Gasteiger charge is 2.17. The van der Waals surface area contributed by atoms with Gasteiger partial charge in [0.1, 0.15) is 0 Å². The summed E-state index contributed by atoms with van der Waals surface area (Å²) in [7, 11) is 2.00. The Hall–Kier alpha value is -1.42. The number of aromatic nitrogens is 1. The van der Waals surface area contributed by atoms with Gasteiger partial charge in [-0.25, -0.2) is 0 Å². The van der Waals surface area contributed by atoms with Gasteiger partial charge in [0.25, 0.3) is 0 Å². The first-order valence-electron chi connectivity index (χ1n) is 7.11. The summed E-state index contributed by atoms with van der Waals surface area (Å²) in [6.07, 6.45) is 9.37. The molecule has 0 unspecified atom stereocenters. The Kier molecular flexibility index (Phi) is 5.33. The lowest BCUT2D eigenvalue weighted by atomic mass is 10.2. The van der Waals surface area contributed by atoms with Crippen molar-refractivity contribution in [1.29, 1.82) is 0 Å². The van der Waals surface area contributed by atoms with Crippen molar-refractivity contribution in [2.24, 2.45) is 0 Å². The molecule has 1 N–H and O–H groups in total. The van der Waals surface area contributed by atoms with Gasteiger partial charge in [-0.3, -0.25) is 14.7 Å². The lowest BCUT2D eigenvalue weighted by Gasteiger charge is -2.18. The number of likely N-dealkylation sites (N-methyl/N-ethyl adjacent to an activating group) is 1. The fourth-order valence-corrected chi connectivity index (χ4v) is 2.54. The van der Waals surface area contributed by atoms with Gasteiger partial charge in [-0.05, 0) is 44.0 Å². The monoisotopic (exact) mass is 261 g/mol. The Morgan fingerprint density at radius 2 is 2.05 bits per heavy atom. The lowest BCUT2D eigenvalue weighted by Crippen LogP contribution is -2.40. The van der Waals surface area contributed by atoms with E-state index in [4.69, 9.17) is 0 Å². The number of nitrogens with one attached hydrogen (secondary N) is 1. The van der Waals surface area contributed by atoms with Gasteiger partial charge in [-0.15, -0.1) is 0 Å². The van der Waals surface area contributed by atoms with E-state index < -0.39 is 0 Å². The van der Waals surface area contributed by atoms with Crippen LogP contribution in [-0.2, 0) is 11.2 Å². The van der Waals surface area contributed by atoms with Crippen molar-refractivity contribution < 1.29 is 4.79 Å². The summed E-state index contributed by atoms with van der Waals surface area (Å²) in [6.45, 7) is 1.38. The smallest absolute Gasteiger partial charge is 0.234 e. The quantitative estimate of drug-likeness (QED) is 0.846. The molecule has 0 aromatic carbocycles. The highest BCUT2D eigenvalue weighted by Crippen LogP contribution is 2.17. The van der Waals surface area contributed by atoms with Crippen LogP contribution in [0.2, 0.25) is 0 Å². The minimum Gasteiger partial charge on any atom is -0.352 e. The molecule has 1 fully saturated rings. The summed E-state index contributed by atoms with van der Waals surface area (Å²) in [5.74, 6) is 0.157. The third-order valence-corrected chi connectivity index (χ3v) is 3.67. The van der Waals surface area contributed by atoms with E-state index in [2.05, 4.69) is 15.2 Å². The molecule has 4 heteroatoms. The molecule has 1 saturated carbocycles. The van der Waals surface area contributed by atoms with Crippen molar-refractivity contribution in [3.05, 3.63) is 30.1 Å². The number of carbonyl (C=O) groups excluding carboxylic acids is 1. The van der Waals surface area contributed by atoms with Gasteiger partial charge in [0.2, 0.25) is 5.91 Å². The zero-order chi connectivity index (χ0) is 13.5. The molecule has 0 spiro atoms. The summed E-state index contributed by atoms with van der Waals surface area (Å²) in [6, 6.07) is 4.46. The number of hydrogen-bond acceptors (Lipinski definition) is 3. The molecule has 2 rings (SSSR count). The molecule has 0 saturated heterocycles. The van der Waals surface area contributed by atoms with Crippen molar-refractivity contribution in [2.75, 3.05) is 20.1 Å². The van der Waals surface area contributed by atoms with Gasteiger partial charge in [-0.2, -0.15) is 0 Å². The maximum Gasteiger partial charge on any atom is 0.234 e. The van der Waals surface area contributed by atoms with Crippen molar-refractivity contribution in [1.82, 2.24) is 15.2 Å². The molecule has 1 heterocycles. The van der Waals surface area contributed by atoms with Crippen LogP contribution in [0.1, 0.15) is 31.2 Å². The second kappa shape index (κ2) is 7.24. The number of hydrogen-bond donors (Lipinski definition) is 1. The zero-order valence-electron chi connectivity index (χ0n) is 11.6. The molecule has 0 aliphatic heterocycles. The van der Waals surface area contributed by atoms with Gasteiger partial charge >= 0.3 is 0 Å². The lowest BCUT2D eigenvalue weighted by molar-refractivity contribution is -0.122. The highest BCUT2D eigenvalue weighted by atomic mass is 16.2. The van der Waals surface area contributed by atoms with Crippen LogP contribution < -0.4 is 5.32 Å². The third-order valence-electron chi connectivity index (χ3n) is 3.67. The summed E-state index contributed by atoms with van der Waals surface area (Å²) in [5.41, 5.74) is 1.26. The van der Waals surface area contributed by atoms with E-state index in [1.165, 1.54) is 18.4 Å². The first-order valence-corrected chi connectivity index (χ1v) is 7.11. The second-order valence-electron chi connectivity index (χ2n) is 5.39. The van der Waals surface area contributed by atoms with Crippen molar-refractivity contribution in [3.8, 4) is 0 Å². The van der Waals surface area contributed by atoms with E-state index in [1.807, 2.05) is 31.6 Å². The van der Waals surface area contributed by atoms with Gasteiger partial charge in [0, 0.05) is 25.0 Å². The molecule has 0 bridgehead atoms. The van der Waals surface area contributed by atoms with E-state index in [-0.39, 0.29) is 5.91 Å². The third kappa shape index (κ3) is 4.99. The molecule has 1 amide bonds. The number of rotatable bonds is 6. The van der Waals surface area contributed by atoms with Crippen molar-refractivity contribution in [3.63, 3.8) is 0 Å². The van der Waals surface area contributed by atoms with Crippen LogP contribution >= 0.6 is 0 Å². The minimum atomic E-state index is 0.157.